The summed E-state index contributed by atoms with van der Waals surface area (Å²) in [6.45, 7) is 0. The number of carboxylic acid groups (broad SMARTS) is 1. The molecule has 106 valence electrons. The molecule has 0 spiro atoms. The lowest BCUT2D eigenvalue weighted by atomic mass is 10.1. The molecular weight excluding hydrogens is 272 g/mol. The molecule has 0 bridgehead atoms. The molecule has 0 amide bonds. The standard InChI is InChI=1S/C16H12O5/c17-14-7-6-12(21-11-4-2-1-3-5-11)10-13(14)15(18)8-9-16(19)20/h1-10,17H,(H,19,20)/b9-8+. The summed E-state index contributed by atoms with van der Waals surface area (Å²) in [6.07, 6.45) is 1.59. The van der Waals surface area contributed by atoms with E-state index >= 15 is 0 Å². The van der Waals surface area contributed by atoms with Crippen LogP contribution in [0.15, 0.2) is 60.7 Å². The minimum atomic E-state index is -1.24. The highest BCUT2D eigenvalue weighted by Crippen LogP contribution is 2.27. The highest BCUT2D eigenvalue weighted by molar-refractivity contribution is 6.08. The number of hydrogen-bond acceptors (Lipinski definition) is 4. The van der Waals surface area contributed by atoms with Crippen molar-refractivity contribution in [2.75, 3.05) is 0 Å². The lowest BCUT2D eigenvalue weighted by molar-refractivity contribution is -0.131. The van der Waals surface area contributed by atoms with Gasteiger partial charge in [0.05, 0.1) is 5.56 Å². The first kappa shape index (κ1) is 14.3. The van der Waals surface area contributed by atoms with Gasteiger partial charge in [0, 0.05) is 6.08 Å². The monoisotopic (exact) mass is 284 g/mol. The fourth-order valence-electron chi connectivity index (χ4n) is 1.64. The van der Waals surface area contributed by atoms with Gasteiger partial charge >= 0.3 is 5.97 Å². The Labute approximate surface area is 120 Å². The Morgan fingerprint density at radius 3 is 2.33 bits per heavy atom. The zero-order chi connectivity index (χ0) is 15.2. The van der Waals surface area contributed by atoms with Crippen LogP contribution in [0.1, 0.15) is 10.4 Å². The fourth-order valence-corrected chi connectivity index (χ4v) is 1.64. The molecule has 0 radical (unpaired) electrons. The van der Waals surface area contributed by atoms with E-state index in [1.54, 1.807) is 24.3 Å². The molecule has 2 rings (SSSR count). The first-order valence-corrected chi connectivity index (χ1v) is 6.07. The normalized spacial score (nSPS) is 10.5. The van der Waals surface area contributed by atoms with Gasteiger partial charge in [-0.25, -0.2) is 4.79 Å². The van der Waals surface area contributed by atoms with Gasteiger partial charge in [0.25, 0.3) is 0 Å². The minimum Gasteiger partial charge on any atom is -0.507 e. The molecular formula is C16H12O5. The number of benzene rings is 2. The van der Waals surface area contributed by atoms with Crippen molar-refractivity contribution in [1.29, 1.82) is 0 Å². The molecule has 2 aromatic carbocycles. The molecule has 0 aliphatic heterocycles. The Balaban J connectivity index is 2.25. The van der Waals surface area contributed by atoms with Crippen LogP contribution in [0.4, 0.5) is 0 Å². The number of carbonyl (C=O) groups excluding carboxylic acids is 1. The number of para-hydroxylation sites is 1. The SMILES string of the molecule is O=C(O)/C=C/C(=O)c1cc(Oc2ccccc2)ccc1O. The summed E-state index contributed by atoms with van der Waals surface area (Å²) in [5, 5.41) is 18.2. The fraction of sp³-hybridized carbons (Fsp3) is 0. The molecule has 2 aromatic rings. The first-order chi connectivity index (χ1) is 10.1. The number of allylic oxidation sites excluding steroid dienone is 1. The van der Waals surface area contributed by atoms with E-state index in [2.05, 4.69) is 0 Å². The third-order valence-electron chi connectivity index (χ3n) is 2.59. The Morgan fingerprint density at radius 2 is 1.67 bits per heavy atom. The topological polar surface area (TPSA) is 83.8 Å². The van der Waals surface area contributed by atoms with Crippen molar-refractivity contribution >= 4 is 11.8 Å². The molecule has 0 atom stereocenters. The molecule has 5 heteroatoms. The Kier molecular flexibility index (Phi) is 4.36. The summed E-state index contributed by atoms with van der Waals surface area (Å²) in [5.74, 6) is -1.14. The number of rotatable bonds is 5. The van der Waals surface area contributed by atoms with Gasteiger partial charge in [0.2, 0.25) is 0 Å². The van der Waals surface area contributed by atoms with Gasteiger partial charge in [-0.05, 0) is 36.4 Å². The average Bonchev–Trinajstić information content (AvgIpc) is 2.48. The van der Waals surface area contributed by atoms with Crippen LogP contribution in [-0.4, -0.2) is 22.0 Å². The molecule has 0 aromatic heterocycles. The summed E-state index contributed by atoms with van der Waals surface area (Å²) in [4.78, 5) is 22.2. The van der Waals surface area contributed by atoms with Gasteiger partial charge in [-0.3, -0.25) is 4.79 Å². The van der Waals surface area contributed by atoms with E-state index in [-0.39, 0.29) is 11.3 Å². The quantitative estimate of drug-likeness (QED) is 0.651. The van der Waals surface area contributed by atoms with E-state index in [0.717, 1.165) is 6.08 Å². The number of carboxylic acids is 1. The van der Waals surface area contributed by atoms with Crippen molar-refractivity contribution in [3.05, 3.63) is 66.2 Å². The number of hydrogen-bond donors (Lipinski definition) is 2. The Bertz CT molecular complexity index is 689. The van der Waals surface area contributed by atoms with E-state index in [4.69, 9.17) is 9.84 Å². The second-order valence-electron chi connectivity index (χ2n) is 4.13. The van der Waals surface area contributed by atoms with Crippen LogP contribution < -0.4 is 4.74 Å². The van der Waals surface area contributed by atoms with Crippen molar-refractivity contribution in [1.82, 2.24) is 0 Å². The van der Waals surface area contributed by atoms with Crippen molar-refractivity contribution in [2.24, 2.45) is 0 Å². The zero-order valence-corrected chi connectivity index (χ0v) is 10.9. The maximum atomic E-state index is 11.8. The molecule has 0 unspecified atom stereocenters. The van der Waals surface area contributed by atoms with Crippen molar-refractivity contribution < 1.29 is 24.5 Å². The minimum absolute atomic E-state index is 0.0269. The van der Waals surface area contributed by atoms with Crippen LogP contribution >= 0.6 is 0 Å². The van der Waals surface area contributed by atoms with Gasteiger partial charge in [-0.1, -0.05) is 18.2 Å². The van der Waals surface area contributed by atoms with Crippen molar-refractivity contribution in [3.63, 3.8) is 0 Å². The van der Waals surface area contributed by atoms with Crippen LogP contribution in [0, 0.1) is 0 Å². The Hall–Kier alpha value is -3.08. The number of ketones is 1. The number of phenols is 1. The van der Waals surface area contributed by atoms with Gasteiger partial charge in [0.1, 0.15) is 17.2 Å². The average molecular weight is 284 g/mol. The molecule has 0 aliphatic carbocycles. The summed E-state index contributed by atoms with van der Waals surface area (Å²) >= 11 is 0. The van der Waals surface area contributed by atoms with Gasteiger partial charge in [-0.2, -0.15) is 0 Å². The molecule has 0 saturated carbocycles. The molecule has 5 nitrogen and oxygen atoms in total. The second kappa shape index (κ2) is 6.38. The molecule has 2 N–H and O–H groups in total. The maximum absolute atomic E-state index is 11.8. The van der Waals surface area contributed by atoms with Crippen molar-refractivity contribution in [3.8, 4) is 17.2 Å². The van der Waals surface area contributed by atoms with Crippen LogP contribution in [0.25, 0.3) is 0 Å². The smallest absolute Gasteiger partial charge is 0.328 e. The summed E-state index contributed by atoms with van der Waals surface area (Å²) in [5.41, 5.74) is -0.0269. The van der Waals surface area contributed by atoms with E-state index < -0.39 is 11.8 Å². The molecule has 0 saturated heterocycles. The highest BCUT2D eigenvalue weighted by atomic mass is 16.5. The predicted octanol–water partition coefficient (Wildman–Crippen LogP) is 3.01. The lowest BCUT2D eigenvalue weighted by Gasteiger charge is -2.07. The molecule has 0 fully saturated rings. The van der Waals surface area contributed by atoms with Gasteiger partial charge in [-0.15, -0.1) is 0 Å². The first-order valence-electron chi connectivity index (χ1n) is 6.07. The number of ether oxygens (including phenoxy) is 1. The van der Waals surface area contributed by atoms with Crippen molar-refractivity contribution in [2.45, 2.75) is 0 Å². The Morgan fingerprint density at radius 1 is 0.952 bits per heavy atom. The van der Waals surface area contributed by atoms with E-state index in [1.165, 1.54) is 18.2 Å². The van der Waals surface area contributed by atoms with Crippen LogP contribution in [0.2, 0.25) is 0 Å². The number of aromatic hydroxyl groups is 1. The molecule has 0 aliphatic rings. The van der Waals surface area contributed by atoms with E-state index in [9.17, 15) is 14.7 Å². The summed E-state index contributed by atoms with van der Waals surface area (Å²) < 4.78 is 5.55. The maximum Gasteiger partial charge on any atom is 0.328 e. The van der Waals surface area contributed by atoms with E-state index in [1.807, 2.05) is 6.07 Å². The molecule has 0 heterocycles. The third-order valence-corrected chi connectivity index (χ3v) is 2.59. The number of carbonyl (C=O) groups is 2. The highest BCUT2D eigenvalue weighted by Gasteiger charge is 2.11. The zero-order valence-electron chi connectivity index (χ0n) is 10.9. The summed E-state index contributed by atoms with van der Waals surface area (Å²) in [6, 6.07) is 13.1. The van der Waals surface area contributed by atoms with Crippen LogP contribution in [0.3, 0.4) is 0 Å². The second-order valence-corrected chi connectivity index (χ2v) is 4.13. The largest absolute Gasteiger partial charge is 0.507 e. The third kappa shape index (κ3) is 3.94. The molecule has 21 heavy (non-hydrogen) atoms. The van der Waals surface area contributed by atoms with Crippen LogP contribution in [-0.2, 0) is 4.79 Å². The van der Waals surface area contributed by atoms with E-state index in [0.29, 0.717) is 17.6 Å². The van der Waals surface area contributed by atoms with Crippen LogP contribution in [0.5, 0.6) is 17.2 Å². The predicted molar refractivity (Wildman–Crippen MR) is 75.7 cm³/mol. The lowest BCUT2D eigenvalue weighted by Crippen LogP contribution is -1.98. The number of phenolic OH excluding ortho intramolecular Hbond substituents is 1. The van der Waals surface area contributed by atoms with Gasteiger partial charge in [0.15, 0.2) is 5.78 Å². The van der Waals surface area contributed by atoms with Gasteiger partial charge < -0.3 is 14.9 Å². The summed E-state index contributed by atoms with van der Waals surface area (Å²) in [7, 11) is 0. The number of aliphatic carboxylic acids is 1.